The Labute approximate surface area is 169 Å². The summed E-state index contributed by atoms with van der Waals surface area (Å²) in [5.74, 6) is 0.868. The molecule has 1 aliphatic rings. The van der Waals surface area contributed by atoms with Crippen molar-refractivity contribution < 1.29 is 14.4 Å². The molecule has 0 spiro atoms. The lowest BCUT2D eigenvalue weighted by molar-refractivity contribution is -0.385. The van der Waals surface area contributed by atoms with E-state index >= 15 is 0 Å². The summed E-state index contributed by atoms with van der Waals surface area (Å²) in [6, 6.07) is 11.0. The average Bonchev–Trinajstić information content (AvgIpc) is 2.69. The highest BCUT2D eigenvalue weighted by Gasteiger charge is 2.23. The minimum absolute atomic E-state index is 0.0546. The Morgan fingerprint density at radius 3 is 2.18 bits per heavy atom. The summed E-state index contributed by atoms with van der Waals surface area (Å²) in [4.78, 5) is 15.7. The van der Waals surface area contributed by atoms with Crippen LogP contribution in [-0.4, -0.2) is 55.1 Å². The van der Waals surface area contributed by atoms with E-state index in [0.717, 1.165) is 37.7 Å². The molecule has 3 rings (SSSR count). The van der Waals surface area contributed by atoms with E-state index in [0.29, 0.717) is 23.6 Å². The fraction of sp³-hybridized carbons (Fsp3) is 0.400. The molecule has 0 aliphatic carbocycles. The number of piperazine rings is 1. The Balaban J connectivity index is 1.65. The quantitative estimate of drug-likeness (QED) is 0.518. The van der Waals surface area contributed by atoms with E-state index in [2.05, 4.69) is 15.9 Å². The Kier molecular flexibility index (Phi) is 6.72. The molecule has 1 aliphatic heterocycles. The summed E-state index contributed by atoms with van der Waals surface area (Å²) in [7, 11) is 3.00. The zero-order chi connectivity index (χ0) is 20.1. The van der Waals surface area contributed by atoms with Gasteiger partial charge in [0.1, 0.15) is 0 Å². The van der Waals surface area contributed by atoms with Crippen molar-refractivity contribution in [3.05, 3.63) is 62.7 Å². The predicted molar refractivity (Wildman–Crippen MR) is 108 cm³/mol. The van der Waals surface area contributed by atoms with E-state index in [4.69, 9.17) is 21.1 Å². The second-order valence-electron chi connectivity index (χ2n) is 6.78. The number of halogens is 1. The van der Waals surface area contributed by atoms with Gasteiger partial charge >= 0.3 is 0 Å². The monoisotopic (exact) mass is 405 g/mol. The molecule has 1 fully saturated rings. The van der Waals surface area contributed by atoms with E-state index in [1.807, 2.05) is 18.2 Å². The van der Waals surface area contributed by atoms with Crippen LogP contribution < -0.4 is 9.47 Å². The van der Waals surface area contributed by atoms with Crippen LogP contribution in [0.25, 0.3) is 0 Å². The SMILES string of the molecule is COc1cc(CN2CCN(Cc3cccc(Cl)c3)CC2)c([N+](=O)[O-])cc1OC. The van der Waals surface area contributed by atoms with Gasteiger partial charge in [-0.15, -0.1) is 0 Å². The Morgan fingerprint density at radius 1 is 1.00 bits per heavy atom. The zero-order valence-corrected chi connectivity index (χ0v) is 16.8. The van der Waals surface area contributed by atoms with Crippen molar-refractivity contribution >= 4 is 17.3 Å². The lowest BCUT2D eigenvalue weighted by atomic mass is 10.1. The molecule has 7 nitrogen and oxygen atoms in total. The molecule has 1 heterocycles. The van der Waals surface area contributed by atoms with Gasteiger partial charge in [0, 0.05) is 49.9 Å². The van der Waals surface area contributed by atoms with Crippen LogP contribution in [0.1, 0.15) is 11.1 Å². The Hall–Kier alpha value is -2.35. The summed E-state index contributed by atoms with van der Waals surface area (Å²) in [5.41, 5.74) is 1.88. The second kappa shape index (κ2) is 9.23. The van der Waals surface area contributed by atoms with Gasteiger partial charge in [-0.3, -0.25) is 19.9 Å². The third kappa shape index (κ3) is 4.92. The summed E-state index contributed by atoms with van der Waals surface area (Å²) >= 11 is 6.06. The van der Waals surface area contributed by atoms with Gasteiger partial charge in [0.25, 0.3) is 5.69 Å². The average molecular weight is 406 g/mol. The first kappa shape index (κ1) is 20.4. The summed E-state index contributed by atoms with van der Waals surface area (Å²) in [6.45, 7) is 4.83. The van der Waals surface area contributed by atoms with Gasteiger partial charge in [0.05, 0.1) is 25.2 Å². The second-order valence-corrected chi connectivity index (χ2v) is 7.21. The molecule has 0 bridgehead atoms. The maximum atomic E-state index is 11.5. The number of benzene rings is 2. The number of methoxy groups -OCH3 is 2. The van der Waals surface area contributed by atoms with Gasteiger partial charge in [-0.2, -0.15) is 0 Å². The van der Waals surface area contributed by atoms with E-state index in [-0.39, 0.29) is 10.6 Å². The fourth-order valence-electron chi connectivity index (χ4n) is 3.45. The maximum Gasteiger partial charge on any atom is 0.277 e. The molecule has 0 unspecified atom stereocenters. The molecule has 0 atom stereocenters. The minimum Gasteiger partial charge on any atom is -0.493 e. The molecule has 0 saturated carbocycles. The molecule has 0 N–H and O–H groups in total. The predicted octanol–water partition coefficient (Wildman–Crippen LogP) is 3.58. The van der Waals surface area contributed by atoms with Gasteiger partial charge < -0.3 is 9.47 Å². The van der Waals surface area contributed by atoms with Gasteiger partial charge in [0.2, 0.25) is 0 Å². The van der Waals surface area contributed by atoms with Crippen LogP contribution in [0.2, 0.25) is 5.02 Å². The van der Waals surface area contributed by atoms with Crippen LogP contribution in [0.15, 0.2) is 36.4 Å². The smallest absolute Gasteiger partial charge is 0.277 e. The van der Waals surface area contributed by atoms with E-state index in [1.54, 1.807) is 6.07 Å². The molecule has 1 saturated heterocycles. The van der Waals surface area contributed by atoms with Gasteiger partial charge in [0.15, 0.2) is 11.5 Å². The lowest BCUT2D eigenvalue weighted by Crippen LogP contribution is -2.45. The molecule has 28 heavy (non-hydrogen) atoms. The number of nitrogens with zero attached hydrogens (tertiary/aromatic N) is 3. The number of rotatable bonds is 7. The molecule has 2 aromatic carbocycles. The number of nitro groups is 1. The third-order valence-corrected chi connectivity index (χ3v) is 5.17. The Morgan fingerprint density at radius 2 is 1.61 bits per heavy atom. The summed E-state index contributed by atoms with van der Waals surface area (Å²) in [6.07, 6.45) is 0. The number of hydrogen-bond acceptors (Lipinski definition) is 6. The lowest BCUT2D eigenvalue weighted by Gasteiger charge is -2.34. The van der Waals surface area contributed by atoms with Gasteiger partial charge in [-0.25, -0.2) is 0 Å². The largest absolute Gasteiger partial charge is 0.493 e. The van der Waals surface area contributed by atoms with E-state index in [9.17, 15) is 10.1 Å². The maximum absolute atomic E-state index is 11.5. The number of ether oxygens (including phenoxy) is 2. The van der Waals surface area contributed by atoms with Crippen LogP contribution >= 0.6 is 11.6 Å². The van der Waals surface area contributed by atoms with Crippen molar-refractivity contribution in [2.24, 2.45) is 0 Å². The molecule has 0 amide bonds. The highest BCUT2D eigenvalue weighted by Crippen LogP contribution is 2.35. The molecule has 150 valence electrons. The van der Waals surface area contributed by atoms with Crippen molar-refractivity contribution in [1.29, 1.82) is 0 Å². The number of hydrogen-bond donors (Lipinski definition) is 0. The van der Waals surface area contributed by atoms with Crippen molar-refractivity contribution in [3.8, 4) is 11.5 Å². The van der Waals surface area contributed by atoms with E-state index < -0.39 is 0 Å². The van der Waals surface area contributed by atoms with Crippen molar-refractivity contribution in [2.45, 2.75) is 13.1 Å². The standard InChI is InChI=1S/C20H24ClN3O4/c1-27-19-11-16(18(24(25)26)12-20(19)28-2)14-23-8-6-22(7-9-23)13-15-4-3-5-17(21)10-15/h3-5,10-12H,6-9,13-14H2,1-2H3. The van der Waals surface area contributed by atoms with E-state index in [1.165, 1.54) is 25.8 Å². The van der Waals surface area contributed by atoms with Crippen LogP contribution in [0.4, 0.5) is 5.69 Å². The first-order valence-electron chi connectivity index (χ1n) is 9.08. The molecular weight excluding hydrogens is 382 g/mol. The first-order valence-corrected chi connectivity index (χ1v) is 9.46. The first-order chi connectivity index (χ1) is 13.5. The Bertz CT molecular complexity index is 838. The summed E-state index contributed by atoms with van der Waals surface area (Å²) < 4.78 is 10.5. The van der Waals surface area contributed by atoms with Gasteiger partial charge in [-0.05, 0) is 23.8 Å². The van der Waals surface area contributed by atoms with Crippen molar-refractivity contribution in [3.63, 3.8) is 0 Å². The van der Waals surface area contributed by atoms with Crippen molar-refractivity contribution in [2.75, 3.05) is 40.4 Å². The van der Waals surface area contributed by atoms with Crippen LogP contribution in [0.3, 0.4) is 0 Å². The van der Waals surface area contributed by atoms with Crippen molar-refractivity contribution in [1.82, 2.24) is 9.80 Å². The number of nitro benzene ring substituents is 1. The normalized spacial score (nSPS) is 15.4. The molecule has 8 heteroatoms. The van der Waals surface area contributed by atoms with Crippen LogP contribution in [0, 0.1) is 10.1 Å². The topological polar surface area (TPSA) is 68.1 Å². The fourth-order valence-corrected chi connectivity index (χ4v) is 3.66. The molecule has 0 radical (unpaired) electrons. The third-order valence-electron chi connectivity index (χ3n) is 4.94. The summed E-state index contributed by atoms with van der Waals surface area (Å²) in [5, 5.41) is 12.2. The van der Waals surface area contributed by atoms with Crippen LogP contribution in [-0.2, 0) is 13.1 Å². The molecular formula is C20H24ClN3O4. The molecule has 0 aromatic heterocycles. The highest BCUT2D eigenvalue weighted by molar-refractivity contribution is 6.30. The van der Waals surface area contributed by atoms with Crippen LogP contribution in [0.5, 0.6) is 11.5 Å². The van der Waals surface area contributed by atoms with Gasteiger partial charge in [-0.1, -0.05) is 23.7 Å². The molecule has 2 aromatic rings. The minimum atomic E-state index is -0.368. The highest BCUT2D eigenvalue weighted by atomic mass is 35.5. The zero-order valence-electron chi connectivity index (χ0n) is 16.1.